The Morgan fingerprint density at radius 3 is 2.61 bits per heavy atom. The van der Waals surface area contributed by atoms with Gasteiger partial charge in [-0.2, -0.15) is 5.26 Å². The maximum Gasteiger partial charge on any atom is 0.268 e. The Hall–Kier alpha value is -4.22. The highest BCUT2D eigenvalue weighted by Gasteiger charge is 2.34. The van der Waals surface area contributed by atoms with Gasteiger partial charge in [0, 0.05) is 19.8 Å². The molecule has 0 unspecified atom stereocenters. The van der Waals surface area contributed by atoms with Gasteiger partial charge in [0.2, 0.25) is 0 Å². The number of rotatable bonds is 8. The number of anilines is 2. The summed E-state index contributed by atoms with van der Waals surface area (Å²) in [5.41, 5.74) is 3.77. The van der Waals surface area contributed by atoms with Crippen molar-refractivity contribution in [3.63, 3.8) is 0 Å². The van der Waals surface area contributed by atoms with Gasteiger partial charge < -0.3 is 15.0 Å². The first kappa shape index (κ1) is 24.9. The number of amidine groups is 1. The molecule has 1 fully saturated rings. The first-order chi connectivity index (χ1) is 17.5. The van der Waals surface area contributed by atoms with Crippen molar-refractivity contribution in [2.45, 2.75) is 13.5 Å². The van der Waals surface area contributed by atoms with E-state index < -0.39 is 0 Å². The fourth-order valence-electron chi connectivity index (χ4n) is 3.79. The highest BCUT2D eigenvalue weighted by molar-refractivity contribution is 8.18. The summed E-state index contributed by atoms with van der Waals surface area (Å²) in [5, 5.41) is 13.3. The molecule has 1 aliphatic heterocycles. The van der Waals surface area contributed by atoms with Crippen LogP contribution in [0.15, 0.2) is 88.9 Å². The van der Waals surface area contributed by atoms with E-state index in [0.29, 0.717) is 40.2 Å². The average molecular weight is 498 g/mol. The number of thioether (sulfide) groups is 1. The van der Waals surface area contributed by atoms with E-state index in [1.807, 2.05) is 85.7 Å². The zero-order valence-corrected chi connectivity index (χ0v) is 21.2. The van der Waals surface area contributed by atoms with E-state index in [4.69, 9.17) is 9.73 Å². The molecule has 1 saturated heterocycles. The van der Waals surface area contributed by atoms with Crippen LogP contribution in [0.4, 0.5) is 17.1 Å². The summed E-state index contributed by atoms with van der Waals surface area (Å²) in [6.45, 7) is 3.09. The van der Waals surface area contributed by atoms with Gasteiger partial charge in [0.1, 0.15) is 5.75 Å². The summed E-state index contributed by atoms with van der Waals surface area (Å²) in [5.74, 6) is 0.580. The lowest BCUT2D eigenvalue weighted by atomic mass is 10.2. The summed E-state index contributed by atoms with van der Waals surface area (Å²) in [4.78, 5) is 22.6. The lowest BCUT2D eigenvalue weighted by Crippen LogP contribution is -2.28. The van der Waals surface area contributed by atoms with Crippen LogP contribution in [0.25, 0.3) is 0 Å². The van der Waals surface area contributed by atoms with Gasteiger partial charge in [-0.05, 0) is 54.6 Å². The molecule has 7 nitrogen and oxygen atoms in total. The summed E-state index contributed by atoms with van der Waals surface area (Å²) < 4.78 is 5.49. The molecule has 0 saturated carbocycles. The molecule has 0 radical (unpaired) electrons. The van der Waals surface area contributed by atoms with Crippen molar-refractivity contribution >= 4 is 39.9 Å². The van der Waals surface area contributed by atoms with Crippen molar-refractivity contribution in [2.75, 3.05) is 30.9 Å². The monoisotopic (exact) mass is 497 g/mol. The molecule has 0 aliphatic carbocycles. The first-order valence-corrected chi connectivity index (χ1v) is 12.3. The van der Waals surface area contributed by atoms with E-state index in [1.54, 1.807) is 24.1 Å². The maximum absolute atomic E-state index is 13.6. The molecule has 0 spiro atoms. The number of hydrogen-bond donors (Lipinski definition) is 1. The number of methoxy groups -OCH3 is 1. The molecular formula is C28H27N5O2S. The van der Waals surface area contributed by atoms with Gasteiger partial charge in [-0.15, -0.1) is 0 Å². The number of nitriles is 1. The van der Waals surface area contributed by atoms with Gasteiger partial charge in [0.15, 0.2) is 5.17 Å². The fraction of sp³-hybridized carbons (Fsp3) is 0.179. The first-order valence-electron chi connectivity index (χ1n) is 11.5. The number of carbonyl (C=O) groups excluding carboxylic acids is 1. The largest absolute Gasteiger partial charge is 0.495 e. The lowest BCUT2D eigenvalue weighted by Gasteiger charge is -2.18. The molecule has 3 aromatic rings. The minimum Gasteiger partial charge on any atom is -0.495 e. The quantitative estimate of drug-likeness (QED) is 0.400. The van der Waals surface area contributed by atoms with E-state index in [-0.39, 0.29) is 5.91 Å². The lowest BCUT2D eigenvalue weighted by molar-refractivity contribution is -0.122. The van der Waals surface area contributed by atoms with Crippen LogP contribution in [-0.4, -0.2) is 36.7 Å². The Kier molecular flexibility index (Phi) is 7.93. The number of carbonyl (C=O) groups is 1. The number of ether oxygens (including phenoxy) is 1. The SMILES string of the molecule is CCNc1ccc(C#N)cc1/N=C1\S/C(=C\N(C)c2ccccc2OC)C(=O)N1Cc1ccccc1. The van der Waals surface area contributed by atoms with Crippen LogP contribution in [0.2, 0.25) is 0 Å². The van der Waals surface area contributed by atoms with Gasteiger partial charge in [0.05, 0.1) is 47.3 Å². The van der Waals surface area contributed by atoms with Crippen molar-refractivity contribution < 1.29 is 9.53 Å². The maximum atomic E-state index is 13.6. The third kappa shape index (κ3) is 5.53. The molecule has 3 aromatic carbocycles. The van der Waals surface area contributed by atoms with E-state index in [1.165, 1.54) is 11.8 Å². The zero-order valence-electron chi connectivity index (χ0n) is 20.4. The van der Waals surface area contributed by atoms with Gasteiger partial charge in [-0.25, -0.2) is 4.99 Å². The summed E-state index contributed by atoms with van der Waals surface area (Å²) >= 11 is 1.31. The number of nitrogens with zero attached hydrogens (tertiary/aromatic N) is 4. The molecule has 182 valence electrons. The molecule has 1 amide bonds. The van der Waals surface area contributed by atoms with E-state index in [2.05, 4.69) is 11.4 Å². The van der Waals surface area contributed by atoms with Crippen LogP contribution in [0.1, 0.15) is 18.1 Å². The summed E-state index contributed by atoms with van der Waals surface area (Å²) in [7, 11) is 3.51. The Morgan fingerprint density at radius 1 is 1.14 bits per heavy atom. The molecule has 1 aliphatic rings. The summed E-state index contributed by atoms with van der Waals surface area (Å²) in [6, 6.07) is 25.0. The van der Waals surface area contributed by atoms with Gasteiger partial charge in [-0.3, -0.25) is 9.69 Å². The molecule has 0 atom stereocenters. The van der Waals surface area contributed by atoms with E-state index >= 15 is 0 Å². The van der Waals surface area contributed by atoms with Gasteiger partial charge in [-0.1, -0.05) is 42.5 Å². The average Bonchev–Trinajstić information content (AvgIpc) is 3.19. The smallest absolute Gasteiger partial charge is 0.268 e. The number of nitrogens with one attached hydrogen (secondary N) is 1. The molecule has 4 rings (SSSR count). The molecule has 0 bridgehead atoms. The van der Waals surface area contributed by atoms with E-state index in [0.717, 1.165) is 16.9 Å². The van der Waals surface area contributed by atoms with Crippen LogP contribution < -0.4 is 15.0 Å². The van der Waals surface area contributed by atoms with Crippen LogP contribution >= 0.6 is 11.8 Å². The normalized spacial score (nSPS) is 15.3. The highest BCUT2D eigenvalue weighted by atomic mass is 32.2. The number of para-hydroxylation sites is 2. The number of benzene rings is 3. The molecule has 36 heavy (non-hydrogen) atoms. The highest BCUT2D eigenvalue weighted by Crippen LogP contribution is 2.37. The molecule has 1 N–H and O–H groups in total. The molecular weight excluding hydrogens is 470 g/mol. The predicted molar refractivity (Wildman–Crippen MR) is 146 cm³/mol. The molecule has 0 aromatic heterocycles. The van der Waals surface area contributed by atoms with Crippen molar-refractivity contribution in [2.24, 2.45) is 4.99 Å². The minimum absolute atomic E-state index is 0.134. The topological polar surface area (TPSA) is 81.0 Å². The van der Waals surface area contributed by atoms with Gasteiger partial charge >= 0.3 is 0 Å². The second-order valence-electron chi connectivity index (χ2n) is 8.02. The standard InChI is InChI=1S/C28H27N5O2S/c1-4-30-22-15-14-21(17-29)16-23(22)31-28-33(18-20-10-6-5-7-11-20)27(34)26(36-28)19-32(2)24-12-8-9-13-25(24)35-3/h5-16,19,30H,4,18H2,1-3H3/b26-19-,31-28-. The number of hydrogen-bond acceptors (Lipinski definition) is 7. The minimum atomic E-state index is -0.134. The molecule has 1 heterocycles. The fourth-order valence-corrected chi connectivity index (χ4v) is 4.80. The van der Waals surface area contributed by atoms with Gasteiger partial charge in [0.25, 0.3) is 5.91 Å². The summed E-state index contributed by atoms with van der Waals surface area (Å²) in [6.07, 6.45) is 1.81. The molecule has 8 heteroatoms. The Labute approximate surface area is 215 Å². The van der Waals surface area contributed by atoms with Crippen LogP contribution in [0.3, 0.4) is 0 Å². The second-order valence-corrected chi connectivity index (χ2v) is 9.03. The Bertz CT molecular complexity index is 1350. The van der Waals surface area contributed by atoms with Crippen molar-refractivity contribution in [3.05, 3.63) is 95.0 Å². The second kappa shape index (κ2) is 11.5. The van der Waals surface area contributed by atoms with Crippen molar-refractivity contribution in [1.29, 1.82) is 5.26 Å². The zero-order chi connectivity index (χ0) is 25.5. The Morgan fingerprint density at radius 2 is 1.89 bits per heavy atom. The third-order valence-electron chi connectivity index (χ3n) is 5.56. The van der Waals surface area contributed by atoms with Crippen LogP contribution in [-0.2, 0) is 11.3 Å². The van der Waals surface area contributed by atoms with Crippen molar-refractivity contribution in [3.8, 4) is 11.8 Å². The Balaban J connectivity index is 1.75. The third-order valence-corrected chi connectivity index (χ3v) is 6.55. The van der Waals surface area contributed by atoms with Crippen LogP contribution in [0.5, 0.6) is 5.75 Å². The number of amides is 1. The predicted octanol–water partition coefficient (Wildman–Crippen LogP) is 5.74. The van der Waals surface area contributed by atoms with Crippen molar-refractivity contribution in [1.82, 2.24) is 4.90 Å². The number of aliphatic imine (C=N–C) groups is 1. The van der Waals surface area contributed by atoms with E-state index in [9.17, 15) is 10.1 Å². The van der Waals surface area contributed by atoms with Crippen LogP contribution in [0, 0.1) is 11.3 Å².